The monoisotopic (exact) mass is 300 g/mol. The first-order chi connectivity index (χ1) is 10.5. The second kappa shape index (κ2) is 4.78. The average Bonchev–Trinajstić information content (AvgIpc) is 3.15. The summed E-state index contributed by atoms with van der Waals surface area (Å²) in [6.07, 6.45) is 3.36. The van der Waals surface area contributed by atoms with E-state index in [4.69, 9.17) is 5.73 Å². The van der Waals surface area contributed by atoms with Crippen molar-refractivity contribution < 1.29 is 4.79 Å². The Bertz CT molecular complexity index is 593. The summed E-state index contributed by atoms with van der Waals surface area (Å²) < 4.78 is 0. The standard InChI is InChI=1S/C17H24N4O/c1-19(2)17(8-9-17)12-3-5-13(6-4-12)21-11-20-10-7-14(18)15(20)16(21)22/h3-6,14-15H,7-11,18H2,1-2H3/t14-,15+/m1/s1. The molecule has 1 aromatic rings. The molecule has 22 heavy (non-hydrogen) atoms. The van der Waals surface area contributed by atoms with Gasteiger partial charge in [0.05, 0.1) is 6.67 Å². The zero-order chi connectivity index (χ0) is 15.5. The highest BCUT2D eigenvalue weighted by atomic mass is 16.2. The maximum Gasteiger partial charge on any atom is 0.247 e. The van der Waals surface area contributed by atoms with E-state index in [1.165, 1.54) is 18.4 Å². The largest absolute Gasteiger partial charge is 0.326 e. The lowest BCUT2D eigenvalue weighted by atomic mass is 10.0. The van der Waals surface area contributed by atoms with E-state index in [0.29, 0.717) is 6.67 Å². The molecule has 1 amide bonds. The molecular weight excluding hydrogens is 276 g/mol. The molecule has 0 spiro atoms. The Labute approximate surface area is 131 Å². The normalized spacial score (nSPS) is 30.2. The van der Waals surface area contributed by atoms with Crippen LogP contribution in [0.4, 0.5) is 5.69 Å². The summed E-state index contributed by atoms with van der Waals surface area (Å²) in [4.78, 5) is 19.0. The van der Waals surface area contributed by atoms with E-state index in [2.05, 4.69) is 48.2 Å². The van der Waals surface area contributed by atoms with Crippen molar-refractivity contribution in [2.24, 2.45) is 5.73 Å². The molecule has 1 aliphatic carbocycles. The number of rotatable bonds is 3. The lowest BCUT2D eigenvalue weighted by Crippen LogP contribution is -2.41. The molecule has 4 rings (SSSR count). The average molecular weight is 300 g/mol. The van der Waals surface area contributed by atoms with Crippen LogP contribution in [-0.2, 0) is 10.3 Å². The highest BCUT2D eigenvalue weighted by Crippen LogP contribution is 2.49. The SMILES string of the molecule is CN(C)C1(c2ccc(N3CN4CC[C@@H](N)[C@H]4C3=O)cc2)CC1. The van der Waals surface area contributed by atoms with Crippen molar-refractivity contribution in [1.29, 1.82) is 0 Å². The Balaban J connectivity index is 1.56. The minimum Gasteiger partial charge on any atom is -0.326 e. The summed E-state index contributed by atoms with van der Waals surface area (Å²) in [6.45, 7) is 1.60. The smallest absolute Gasteiger partial charge is 0.247 e. The number of nitrogens with zero attached hydrogens (tertiary/aromatic N) is 3. The van der Waals surface area contributed by atoms with E-state index in [1.807, 2.05) is 4.90 Å². The van der Waals surface area contributed by atoms with Gasteiger partial charge in [0.2, 0.25) is 5.91 Å². The molecular formula is C17H24N4O. The molecule has 0 unspecified atom stereocenters. The van der Waals surface area contributed by atoms with Crippen LogP contribution >= 0.6 is 0 Å². The predicted molar refractivity (Wildman–Crippen MR) is 86.5 cm³/mol. The molecule has 5 nitrogen and oxygen atoms in total. The van der Waals surface area contributed by atoms with Crippen LogP contribution in [0.25, 0.3) is 0 Å². The van der Waals surface area contributed by atoms with Gasteiger partial charge < -0.3 is 5.73 Å². The van der Waals surface area contributed by atoms with Crippen molar-refractivity contribution in [1.82, 2.24) is 9.80 Å². The highest BCUT2D eigenvalue weighted by Gasteiger charge is 2.47. The molecule has 0 radical (unpaired) electrons. The predicted octanol–water partition coefficient (Wildman–Crippen LogP) is 0.943. The Hall–Kier alpha value is -1.43. The van der Waals surface area contributed by atoms with Crippen molar-refractivity contribution in [2.45, 2.75) is 36.9 Å². The van der Waals surface area contributed by atoms with Crippen LogP contribution in [0.1, 0.15) is 24.8 Å². The summed E-state index contributed by atoms with van der Waals surface area (Å²) in [7, 11) is 4.28. The van der Waals surface area contributed by atoms with Gasteiger partial charge in [0, 0.05) is 23.8 Å². The first-order valence-corrected chi connectivity index (χ1v) is 8.12. The van der Waals surface area contributed by atoms with Crippen LogP contribution < -0.4 is 10.6 Å². The lowest BCUT2D eigenvalue weighted by Gasteiger charge is -2.25. The molecule has 5 heteroatoms. The van der Waals surface area contributed by atoms with Crippen LogP contribution in [0.5, 0.6) is 0 Å². The summed E-state index contributed by atoms with van der Waals surface area (Å²) in [5, 5.41) is 0. The van der Waals surface area contributed by atoms with E-state index in [-0.39, 0.29) is 23.5 Å². The van der Waals surface area contributed by atoms with Gasteiger partial charge in [-0.2, -0.15) is 0 Å². The molecule has 118 valence electrons. The fourth-order valence-corrected chi connectivity index (χ4v) is 4.06. The number of carbonyl (C=O) groups excluding carboxylic acids is 1. The zero-order valence-corrected chi connectivity index (χ0v) is 13.3. The number of fused-ring (bicyclic) bond motifs is 1. The molecule has 2 heterocycles. The number of amides is 1. The second-order valence-electron chi connectivity index (χ2n) is 7.09. The first-order valence-electron chi connectivity index (χ1n) is 8.12. The van der Waals surface area contributed by atoms with E-state index >= 15 is 0 Å². The second-order valence-corrected chi connectivity index (χ2v) is 7.09. The summed E-state index contributed by atoms with van der Waals surface area (Å²) in [6, 6.07) is 8.41. The van der Waals surface area contributed by atoms with Gasteiger partial charge in [-0.1, -0.05) is 12.1 Å². The van der Waals surface area contributed by atoms with Gasteiger partial charge in [-0.05, 0) is 51.1 Å². The maximum atomic E-state index is 12.6. The van der Waals surface area contributed by atoms with Crippen LogP contribution in [0.3, 0.4) is 0 Å². The van der Waals surface area contributed by atoms with Gasteiger partial charge in [-0.25, -0.2) is 0 Å². The third-order valence-electron chi connectivity index (χ3n) is 5.69. The number of hydrogen-bond donors (Lipinski definition) is 1. The third kappa shape index (κ3) is 1.93. The molecule has 3 fully saturated rings. The molecule has 1 saturated carbocycles. The van der Waals surface area contributed by atoms with Gasteiger partial charge in [0.15, 0.2) is 0 Å². The van der Waals surface area contributed by atoms with Crippen molar-refractivity contribution >= 4 is 11.6 Å². The van der Waals surface area contributed by atoms with Gasteiger partial charge in [-0.3, -0.25) is 19.5 Å². The molecule has 2 saturated heterocycles. The number of anilines is 1. The van der Waals surface area contributed by atoms with Crippen LogP contribution in [-0.4, -0.2) is 55.1 Å². The molecule has 2 aliphatic heterocycles. The lowest BCUT2D eigenvalue weighted by molar-refractivity contribution is -0.119. The van der Waals surface area contributed by atoms with Crippen LogP contribution in [0.15, 0.2) is 24.3 Å². The molecule has 2 N–H and O–H groups in total. The van der Waals surface area contributed by atoms with Crippen molar-refractivity contribution in [3.05, 3.63) is 29.8 Å². The molecule has 0 aromatic heterocycles. The maximum absolute atomic E-state index is 12.6. The van der Waals surface area contributed by atoms with Crippen LogP contribution in [0, 0.1) is 0 Å². The topological polar surface area (TPSA) is 52.8 Å². The first kappa shape index (κ1) is 14.2. The number of benzene rings is 1. The van der Waals surface area contributed by atoms with Crippen molar-refractivity contribution in [3.63, 3.8) is 0 Å². The molecule has 1 aromatic carbocycles. The molecule has 2 atom stereocenters. The zero-order valence-electron chi connectivity index (χ0n) is 13.3. The van der Waals surface area contributed by atoms with Crippen molar-refractivity contribution in [3.8, 4) is 0 Å². The Morgan fingerprint density at radius 2 is 1.91 bits per heavy atom. The van der Waals surface area contributed by atoms with Gasteiger partial charge in [0.1, 0.15) is 6.04 Å². The third-order valence-corrected chi connectivity index (χ3v) is 5.69. The number of hydrogen-bond acceptors (Lipinski definition) is 4. The minimum absolute atomic E-state index is 0.0137. The van der Waals surface area contributed by atoms with Crippen LogP contribution in [0.2, 0.25) is 0 Å². The molecule has 0 bridgehead atoms. The Kier molecular flexibility index (Phi) is 3.08. The van der Waals surface area contributed by atoms with E-state index < -0.39 is 0 Å². The van der Waals surface area contributed by atoms with Gasteiger partial charge >= 0.3 is 0 Å². The van der Waals surface area contributed by atoms with Crippen molar-refractivity contribution in [2.75, 3.05) is 32.2 Å². The Morgan fingerprint density at radius 1 is 1.23 bits per heavy atom. The number of nitrogens with two attached hydrogens (primary N) is 1. The highest BCUT2D eigenvalue weighted by molar-refractivity contribution is 6.00. The van der Waals surface area contributed by atoms with E-state index in [9.17, 15) is 4.79 Å². The van der Waals surface area contributed by atoms with Gasteiger partial charge in [0.25, 0.3) is 0 Å². The van der Waals surface area contributed by atoms with E-state index in [0.717, 1.165) is 18.7 Å². The quantitative estimate of drug-likeness (QED) is 0.903. The minimum atomic E-state index is -0.115. The fraction of sp³-hybridized carbons (Fsp3) is 0.588. The Morgan fingerprint density at radius 3 is 2.45 bits per heavy atom. The fourth-order valence-electron chi connectivity index (χ4n) is 4.06. The number of carbonyl (C=O) groups is 1. The summed E-state index contributed by atoms with van der Waals surface area (Å²) in [5.74, 6) is 0.159. The molecule has 3 aliphatic rings. The van der Waals surface area contributed by atoms with Gasteiger partial charge in [-0.15, -0.1) is 0 Å². The van der Waals surface area contributed by atoms with E-state index in [1.54, 1.807) is 0 Å². The summed E-state index contributed by atoms with van der Waals surface area (Å²) >= 11 is 0. The summed E-state index contributed by atoms with van der Waals surface area (Å²) in [5.41, 5.74) is 8.64.